The van der Waals surface area contributed by atoms with Crippen molar-refractivity contribution in [2.75, 3.05) is 5.32 Å². The number of para-hydroxylation sites is 1. The van der Waals surface area contributed by atoms with E-state index >= 15 is 0 Å². The second kappa shape index (κ2) is 10.8. The average molecular weight is 624 g/mol. The first-order chi connectivity index (χ1) is 22.0. The molecular weight excluding hydrogens is 582 g/mol. The van der Waals surface area contributed by atoms with Crippen molar-refractivity contribution in [3.05, 3.63) is 82.6 Å². The maximum Gasteiger partial charge on any atom is 0.224 e. The molecule has 0 saturated carbocycles. The Kier molecular flexibility index (Phi) is 7.12. The van der Waals surface area contributed by atoms with Crippen molar-refractivity contribution in [3.8, 4) is 17.1 Å². The molecule has 3 N–H and O–H groups in total. The van der Waals surface area contributed by atoms with E-state index in [-0.39, 0.29) is 36.9 Å². The van der Waals surface area contributed by atoms with Gasteiger partial charge in [-0.2, -0.15) is 5.10 Å². The monoisotopic (exact) mass is 623 g/mol. The number of amides is 1. The number of carbonyl (C=O) groups excluding carboxylic acids is 2. The van der Waals surface area contributed by atoms with E-state index in [1.165, 1.54) is 0 Å². The molecular formula is C36H41N5O5. The number of carbonyl (C=O) groups is 2. The number of oxazole rings is 1. The molecule has 3 aliphatic heterocycles. The molecule has 10 nitrogen and oxygen atoms in total. The number of ketones is 1. The second-order valence-electron chi connectivity index (χ2n) is 13.3. The molecule has 1 amide bonds. The summed E-state index contributed by atoms with van der Waals surface area (Å²) < 4.78 is 15.4. The molecule has 2 aromatic heterocycles. The highest BCUT2D eigenvalue weighted by atomic mass is 16.5. The second-order valence-corrected chi connectivity index (χ2v) is 13.3. The molecule has 10 heteroatoms. The van der Waals surface area contributed by atoms with Crippen molar-refractivity contribution in [1.29, 1.82) is 0 Å². The minimum Gasteiger partial charge on any atom is -0.469 e. The summed E-state index contributed by atoms with van der Waals surface area (Å²) in [7, 11) is 1.89. The van der Waals surface area contributed by atoms with Gasteiger partial charge in [-0.25, -0.2) is 4.98 Å². The lowest BCUT2D eigenvalue weighted by Crippen LogP contribution is -2.43. The van der Waals surface area contributed by atoms with Crippen molar-refractivity contribution in [1.82, 2.24) is 20.1 Å². The molecule has 1 spiro atoms. The quantitative estimate of drug-likeness (QED) is 0.251. The highest BCUT2D eigenvalue weighted by Crippen LogP contribution is 2.59. The van der Waals surface area contributed by atoms with Crippen LogP contribution in [0.25, 0.3) is 11.4 Å². The van der Waals surface area contributed by atoms with E-state index in [0.29, 0.717) is 29.5 Å². The fourth-order valence-corrected chi connectivity index (χ4v) is 7.48. The molecule has 46 heavy (non-hydrogen) atoms. The van der Waals surface area contributed by atoms with Crippen LogP contribution in [-0.4, -0.2) is 43.4 Å². The highest BCUT2D eigenvalue weighted by molar-refractivity contribution is 5.92. The molecule has 240 valence electrons. The van der Waals surface area contributed by atoms with Gasteiger partial charge in [0.25, 0.3) is 0 Å². The number of Topliss-reactive ketones (excluding diaryl/α,β-unsaturated/α-hetero) is 1. The Bertz CT molecular complexity index is 1850. The summed E-state index contributed by atoms with van der Waals surface area (Å²) in [6, 6.07) is 15.5. The molecule has 7 rings (SSSR count). The minimum atomic E-state index is -1.47. The number of rotatable bonds is 7. The lowest BCUT2D eigenvalue weighted by Gasteiger charge is -2.29. The smallest absolute Gasteiger partial charge is 0.224 e. The van der Waals surface area contributed by atoms with Crippen LogP contribution in [0.5, 0.6) is 5.75 Å². The summed E-state index contributed by atoms with van der Waals surface area (Å²) in [5.74, 6) is 0.291. The van der Waals surface area contributed by atoms with Crippen LogP contribution >= 0.6 is 0 Å². The average Bonchev–Trinajstić information content (AvgIpc) is 3.77. The molecule has 0 aliphatic carbocycles. The van der Waals surface area contributed by atoms with Gasteiger partial charge in [-0.05, 0) is 61.4 Å². The summed E-state index contributed by atoms with van der Waals surface area (Å²) in [6.07, 6.45) is 0.285. The highest BCUT2D eigenvalue weighted by Gasteiger charge is 2.61. The third-order valence-electron chi connectivity index (χ3n) is 10.2. The predicted molar refractivity (Wildman–Crippen MR) is 172 cm³/mol. The number of nitrogens with zero attached hydrogens (tertiary/aromatic N) is 3. The van der Waals surface area contributed by atoms with Crippen molar-refractivity contribution in [2.45, 2.75) is 83.6 Å². The van der Waals surface area contributed by atoms with Crippen LogP contribution in [0.1, 0.15) is 87.0 Å². The Morgan fingerprint density at radius 1 is 1.13 bits per heavy atom. The number of aryl methyl sites for hydroxylation is 2. The normalized spacial score (nSPS) is 23.1. The minimum absolute atomic E-state index is 0.0864. The molecule has 3 aliphatic rings. The molecule has 4 atom stereocenters. The van der Waals surface area contributed by atoms with Gasteiger partial charge in [0.15, 0.2) is 17.8 Å². The van der Waals surface area contributed by atoms with E-state index in [0.717, 1.165) is 33.8 Å². The Hall–Kier alpha value is -4.44. The number of benzene rings is 2. The van der Waals surface area contributed by atoms with Crippen LogP contribution in [-0.2, 0) is 28.5 Å². The first-order valence-electron chi connectivity index (χ1n) is 16.2. The Morgan fingerprint density at radius 2 is 1.89 bits per heavy atom. The summed E-state index contributed by atoms with van der Waals surface area (Å²) >= 11 is 0. The summed E-state index contributed by atoms with van der Waals surface area (Å²) in [4.78, 5) is 32.8. The fraction of sp³-hybridized carbons (Fsp3) is 0.444. The van der Waals surface area contributed by atoms with E-state index in [9.17, 15) is 14.7 Å². The maximum absolute atomic E-state index is 14.1. The van der Waals surface area contributed by atoms with Gasteiger partial charge in [0, 0.05) is 30.6 Å². The van der Waals surface area contributed by atoms with Crippen LogP contribution in [0.15, 0.2) is 52.9 Å². The van der Waals surface area contributed by atoms with Gasteiger partial charge in [0.05, 0.1) is 11.4 Å². The number of fused-ring (bicyclic) bond motifs is 4. The summed E-state index contributed by atoms with van der Waals surface area (Å²) in [5, 5.41) is 22.5. The van der Waals surface area contributed by atoms with Gasteiger partial charge in [-0.1, -0.05) is 58.0 Å². The van der Waals surface area contributed by atoms with Crippen LogP contribution in [0.4, 0.5) is 5.69 Å². The number of ether oxygens (including phenoxy) is 1. The summed E-state index contributed by atoms with van der Waals surface area (Å²) in [6.45, 7) is 9.55. The molecule has 2 aromatic carbocycles. The number of aliphatic hydroxyl groups is 1. The van der Waals surface area contributed by atoms with Crippen LogP contribution in [0, 0.1) is 18.8 Å². The van der Waals surface area contributed by atoms with E-state index < -0.39 is 29.2 Å². The zero-order valence-electron chi connectivity index (χ0n) is 27.2. The first-order valence-corrected chi connectivity index (χ1v) is 16.2. The van der Waals surface area contributed by atoms with Gasteiger partial charge in [0.1, 0.15) is 28.5 Å². The fourth-order valence-electron chi connectivity index (χ4n) is 7.48. The number of hydrogen-bond donors (Lipinski definition) is 3. The molecule has 0 fully saturated rings. The Balaban J connectivity index is 1.49. The van der Waals surface area contributed by atoms with E-state index in [1.807, 2.05) is 64.2 Å². The van der Waals surface area contributed by atoms with Crippen LogP contribution < -0.4 is 15.4 Å². The molecule has 0 saturated heterocycles. The zero-order valence-corrected chi connectivity index (χ0v) is 27.2. The Morgan fingerprint density at radius 3 is 2.59 bits per heavy atom. The first kappa shape index (κ1) is 30.2. The van der Waals surface area contributed by atoms with Crippen molar-refractivity contribution >= 4 is 17.4 Å². The topological polar surface area (TPSA) is 132 Å². The van der Waals surface area contributed by atoms with E-state index in [1.54, 1.807) is 18.5 Å². The van der Waals surface area contributed by atoms with Crippen molar-refractivity contribution in [2.24, 2.45) is 18.9 Å². The van der Waals surface area contributed by atoms with Crippen LogP contribution in [0.3, 0.4) is 0 Å². The zero-order chi connectivity index (χ0) is 32.5. The molecule has 4 bridgehead atoms. The third-order valence-corrected chi connectivity index (χ3v) is 10.2. The standard InChI is InChI=1S/C36H41N5O5/c1-7-35(44,8-2)28(42)18-22-16-21-13-14-27-24(17-21)36(23-11-9-10-12-25(23)37-34(36)45-27)31-30(26-15-20(5)40-41(26)6)39-33(46-31)29(19(3)4)38-32(22)43/h9-15,17,19,22,29,34,37,44H,7-8,16,18H2,1-6H3,(H,38,43)/t22?,29-,34-,36?/m0/s1. The van der Waals surface area contributed by atoms with Gasteiger partial charge in [-0.15, -0.1) is 0 Å². The van der Waals surface area contributed by atoms with Crippen molar-refractivity contribution in [3.63, 3.8) is 0 Å². The lowest BCUT2D eigenvalue weighted by atomic mass is 9.72. The molecule has 2 unspecified atom stereocenters. The van der Waals surface area contributed by atoms with Gasteiger partial charge >= 0.3 is 0 Å². The number of anilines is 1. The largest absolute Gasteiger partial charge is 0.469 e. The molecule has 4 aromatic rings. The maximum atomic E-state index is 14.1. The SMILES string of the molecule is CCC(O)(CC)C(=O)CC1Cc2ccc3c(c2)C2(c4ccccc4N[C@H]2O3)c2oc(nc2-c2cc(C)nn2C)[C@H](C(C)C)NC1=O. The van der Waals surface area contributed by atoms with E-state index in [4.69, 9.17) is 14.1 Å². The third kappa shape index (κ3) is 4.40. The van der Waals surface area contributed by atoms with Gasteiger partial charge in [-0.3, -0.25) is 14.3 Å². The summed E-state index contributed by atoms with van der Waals surface area (Å²) in [5.41, 5.74) is 3.62. The lowest BCUT2D eigenvalue weighted by molar-refractivity contribution is -0.141. The number of aromatic nitrogens is 3. The van der Waals surface area contributed by atoms with Gasteiger partial charge < -0.3 is 24.9 Å². The number of hydrogen-bond acceptors (Lipinski definition) is 8. The Labute approximate surface area is 268 Å². The van der Waals surface area contributed by atoms with Crippen LogP contribution in [0.2, 0.25) is 0 Å². The number of nitrogens with one attached hydrogen (secondary N) is 2. The van der Waals surface area contributed by atoms with E-state index in [2.05, 4.69) is 27.9 Å². The van der Waals surface area contributed by atoms with Crippen molar-refractivity contribution < 1.29 is 23.8 Å². The van der Waals surface area contributed by atoms with Gasteiger partial charge in [0.2, 0.25) is 11.8 Å². The molecule has 0 radical (unpaired) electrons. The molecule has 5 heterocycles. The predicted octanol–water partition coefficient (Wildman–Crippen LogP) is 5.36.